The number of carbonyl (C=O) groups is 2. The van der Waals surface area contributed by atoms with Crippen LogP contribution in [0.15, 0.2) is 11.9 Å². The second kappa shape index (κ2) is 6.47. The predicted octanol–water partition coefficient (Wildman–Crippen LogP) is 0.494. The normalized spacial score (nSPS) is 15.1. The Hall–Kier alpha value is -1.96. The molecule has 114 valence electrons. The van der Waals surface area contributed by atoms with Gasteiger partial charge in [-0.25, -0.2) is 4.79 Å². The van der Waals surface area contributed by atoms with Crippen molar-refractivity contribution in [1.82, 2.24) is 20.9 Å². The van der Waals surface area contributed by atoms with Gasteiger partial charge in [-0.05, 0) is 20.8 Å². The Kier molecular flexibility index (Phi) is 5.20. The number of carboxylic acid groups (broad SMARTS) is 1. The number of hydrazine groups is 2. The fraction of sp³-hybridized carbons (Fsp3) is 0.667. The maximum absolute atomic E-state index is 11.4. The molecule has 0 saturated heterocycles. The first-order chi connectivity index (χ1) is 9.17. The molecule has 0 aromatic rings. The standard InChI is InChI=1S/C12H22N4O4/c1-12(2,3)20-11(19)13-5-6-16-8-9(7-10(17)18)15(4)14-16/h8,14H,5-7H2,1-4H3,(H,13,19)(H,17,18). The molecular weight excluding hydrogens is 264 g/mol. The molecular formula is C12H22N4O4. The van der Waals surface area contributed by atoms with Gasteiger partial charge in [-0.3, -0.25) is 14.8 Å². The Bertz CT molecular complexity index is 403. The van der Waals surface area contributed by atoms with Crippen LogP contribution in [0.25, 0.3) is 0 Å². The Morgan fingerprint density at radius 3 is 2.65 bits per heavy atom. The fourth-order valence-electron chi connectivity index (χ4n) is 1.58. The van der Waals surface area contributed by atoms with Crippen molar-refractivity contribution in [2.45, 2.75) is 32.8 Å². The van der Waals surface area contributed by atoms with Crippen LogP contribution in [0.3, 0.4) is 0 Å². The highest BCUT2D eigenvalue weighted by Gasteiger charge is 2.19. The summed E-state index contributed by atoms with van der Waals surface area (Å²) in [4.78, 5) is 22.1. The molecule has 1 aliphatic rings. The highest BCUT2D eigenvalue weighted by molar-refractivity contribution is 5.69. The van der Waals surface area contributed by atoms with Gasteiger partial charge in [-0.2, -0.15) is 0 Å². The maximum atomic E-state index is 11.4. The van der Waals surface area contributed by atoms with Gasteiger partial charge in [0.1, 0.15) is 5.60 Å². The van der Waals surface area contributed by atoms with Gasteiger partial charge in [0.05, 0.1) is 18.7 Å². The number of nitrogens with one attached hydrogen (secondary N) is 2. The first kappa shape index (κ1) is 16.1. The molecule has 3 N–H and O–H groups in total. The summed E-state index contributed by atoms with van der Waals surface area (Å²) in [7, 11) is 1.73. The minimum atomic E-state index is -0.890. The summed E-state index contributed by atoms with van der Waals surface area (Å²) < 4.78 is 5.10. The third kappa shape index (κ3) is 5.79. The lowest BCUT2D eigenvalue weighted by Gasteiger charge is -2.22. The number of alkyl carbamates (subject to hydrolysis) is 1. The van der Waals surface area contributed by atoms with E-state index in [1.807, 2.05) is 0 Å². The smallest absolute Gasteiger partial charge is 0.407 e. The minimum absolute atomic E-state index is 0.0561. The van der Waals surface area contributed by atoms with Crippen molar-refractivity contribution in [3.63, 3.8) is 0 Å². The van der Waals surface area contributed by atoms with E-state index < -0.39 is 17.7 Å². The molecule has 0 bridgehead atoms. The summed E-state index contributed by atoms with van der Waals surface area (Å²) in [5.74, 6) is -0.890. The lowest BCUT2D eigenvalue weighted by molar-refractivity contribution is -0.136. The molecule has 0 aliphatic carbocycles. The van der Waals surface area contributed by atoms with E-state index >= 15 is 0 Å². The molecule has 1 heterocycles. The predicted molar refractivity (Wildman–Crippen MR) is 72.2 cm³/mol. The van der Waals surface area contributed by atoms with Gasteiger partial charge in [0.2, 0.25) is 0 Å². The van der Waals surface area contributed by atoms with Gasteiger partial charge in [-0.1, -0.05) is 0 Å². The van der Waals surface area contributed by atoms with Crippen LogP contribution in [0.4, 0.5) is 4.79 Å². The molecule has 20 heavy (non-hydrogen) atoms. The van der Waals surface area contributed by atoms with E-state index in [4.69, 9.17) is 9.84 Å². The first-order valence-corrected chi connectivity index (χ1v) is 6.33. The van der Waals surface area contributed by atoms with Crippen LogP contribution in [0.5, 0.6) is 0 Å². The van der Waals surface area contributed by atoms with Crippen LogP contribution in [-0.2, 0) is 9.53 Å². The molecule has 0 radical (unpaired) electrons. The van der Waals surface area contributed by atoms with Crippen molar-refractivity contribution in [1.29, 1.82) is 0 Å². The van der Waals surface area contributed by atoms with E-state index in [9.17, 15) is 9.59 Å². The van der Waals surface area contributed by atoms with E-state index in [1.165, 1.54) is 0 Å². The van der Waals surface area contributed by atoms with Gasteiger partial charge in [0.25, 0.3) is 0 Å². The largest absolute Gasteiger partial charge is 0.481 e. The van der Waals surface area contributed by atoms with E-state index in [2.05, 4.69) is 10.9 Å². The molecule has 1 aliphatic heterocycles. The molecule has 1 rings (SSSR count). The topological polar surface area (TPSA) is 94.1 Å². The van der Waals surface area contributed by atoms with E-state index in [-0.39, 0.29) is 6.42 Å². The molecule has 0 aromatic carbocycles. The monoisotopic (exact) mass is 286 g/mol. The highest BCUT2D eigenvalue weighted by atomic mass is 16.6. The number of aliphatic carboxylic acids is 1. The molecule has 0 unspecified atom stereocenters. The third-order valence-corrected chi connectivity index (χ3v) is 2.37. The number of hydrogen-bond acceptors (Lipinski definition) is 6. The van der Waals surface area contributed by atoms with Crippen LogP contribution >= 0.6 is 0 Å². The van der Waals surface area contributed by atoms with Crippen LogP contribution in [-0.4, -0.2) is 52.9 Å². The van der Waals surface area contributed by atoms with Crippen molar-refractivity contribution in [3.05, 3.63) is 11.9 Å². The summed E-state index contributed by atoms with van der Waals surface area (Å²) in [6.07, 6.45) is 1.17. The number of hydrogen-bond donors (Lipinski definition) is 3. The average Bonchev–Trinajstić information content (AvgIpc) is 2.55. The molecule has 0 atom stereocenters. The van der Waals surface area contributed by atoms with Gasteiger partial charge in [-0.15, -0.1) is 5.53 Å². The van der Waals surface area contributed by atoms with Crippen molar-refractivity contribution >= 4 is 12.1 Å². The molecule has 0 fully saturated rings. The summed E-state index contributed by atoms with van der Waals surface area (Å²) in [6, 6.07) is 0. The van der Waals surface area contributed by atoms with E-state index in [1.54, 1.807) is 44.0 Å². The quantitative estimate of drug-likeness (QED) is 0.677. The summed E-state index contributed by atoms with van der Waals surface area (Å²) >= 11 is 0. The summed E-state index contributed by atoms with van der Waals surface area (Å²) in [5, 5.41) is 14.7. The van der Waals surface area contributed by atoms with E-state index in [0.29, 0.717) is 18.8 Å². The molecule has 1 amide bonds. The van der Waals surface area contributed by atoms with Gasteiger partial charge < -0.3 is 15.2 Å². The number of ether oxygens (including phenoxy) is 1. The first-order valence-electron chi connectivity index (χ1n) is 6.33. The minimum Gasteiger partial charge on any atom is -0.481 e. The maximum Gasteiger partial charge on any atom is 0.407 e. The lowest BCUT2D eigenvalue weighted by Crippen LogP contribution is -2.42. The SMILES string of the molecule is CN1NN(CCNC(=O)OC(C)(C)C)C=C1CC(=O)O. The van der Waals surface area contributed by atoms with Crippen LogP contribution in [0.1, 0.15) is 27.2 Å². The zero-order valence-corrected chi connectivity index (χ0v) is 12.3. The van der Waals surface area contributed by atoms with Crippen molar-refractivity contribution in [2.75, 3.05) is 20.1 Å². The summed E-state index contributed by atoms with van der Waals surface area (Å²) in [6.45, 7) is 6.26. The average molecular weight is 286 g/mol. The van der Waals surface area contributed by atoms with E-state index in [0.717, 1.165) is 0 Å². The Labute approximate surface area is 118 Å². The molecule has 0 aromatic heterocycles. The van der Waals surface area contributed by atoms with Gasteiger partial charge in [0, 0.05) is 19.8 Å². The number of nitrogens with zero attached hydrogens (tertiary/aromatic N) is 2. The lowest BCUT2D eigenvalue weighted by atomic mass is 10.2. The number of rotatable bonds is 5. The van der Waals surface area contributed by atoms with Crippen molar-refractivity contribution < 1.29 is 19.4 Å². The van der Waals surface area contributed by atoms with Crippen LogP contribution in [0, 0.1) is 0 Å². The van der Waals surface area contributed by atoms with Crippen LogP contribution in [0.2, 0.25) is 0 Å². The Morgan fingerprint density at radius 1 is 1.45 bits per heavy atom. The Balaban J connectivity index is 2.31. The number of amides is 1. The second-order valence-corrected chi connectivity index (χ2v) is 5.47. The van der Waals surface area contributed by atoms with Gasteiger partial charge >= 0.3 is 12.1 Å². The summed E-state index contributed by atoms with van der Waals surface area (Å²) in [5.41, 5.74) is 3.07. The van der Waals surface area contributed by atoms with Crippen molar-refractivity contribution in [2.24, 2.45) is 0 Å². The highest BCUT2D eigenvalue weighted by Crippen LogP contribution is 2.12. The zero-order chi connectivity index (χ0) is 15.3. The second-order valence-electron chi connectivity index (χ2n) is 5.47. The molecule has 0 spiro atoms. The fourth-order valence-corrected chi connectivity index (χ4v) is 1.58. The number of carbonyl (C=O) groups excluding carboxylic acids is 1. The zero-order valence-electron chi connectivity index (χ0n) is 12.3. The molecule has 0 saturated carbocycles. The number of carboxylic acids is 1. The molecule has 8 nitrogen and oxygen atoms in total. The van der Waals surface area contributed by atoms with Crippen molar-refractivity contribution in [3.8, 4) is 0 Å². The third-order valence-electron chi connectivity index (χ3n) is 2.37. The molecule has 8 heteroatoms. The Morgan fingerprint density at radius 2 is 2.10 bits per heavy atom. The van der Waals surface area contributed by atoms with Gasteiger partial charge in [0.15, 0.2) is 0 Å². The van der Waals surface area contributed by atoms with Crippen LogP contribution < -0.4 is 10.9 Å².